The Balaban J connectivity index is 1.41. The molecule has 3 heterocycles. The van der Waals surface area contributed by atoms with Crippen molar-refractivity contribution in [3.05, 3.63) is 83.0 Å². The summed E-state index contributed by atoms with van der Waals surface area (Å²) in [5.41, 5.74) is 3.07. The minimum absolute atomic E-state index is 0.0792. The second-order valence-electron chi connectivity index (χ2n) is 7.69. The lowest BCUT2D eigenvalue weighted by molar-refractivity contribution is 0.623. The molecule has 0 radical (unpaired) electrons. The van der Waals surface area contributed by atoms with E-state index in [1.807, 2.05) is 36.4 Å². The highest BCUT2D eigenvalue weighted by Gasteiger charge is 2.20. The first-order valence-electron chi connectivity index (χ1n) is 10.3. The van der Waals surface area contributed by atoms with Gasteiger partial charge in [0.1, 0.15) is 11.5 Å². The molecule has 4 aromatic rings. The maximum absolute atomic E-state index is 13.2. The van der Waals surface area contributed by atoms with Gasteiger partial charge in [-0.3, -0.25) is 9.36 Å². The number of piperazine rings is 1. The smallest absolute Gasteiger partial charge is 0.259 e. The summed E-state index contributed by atoms with van der Waals surface area (Å²) in [5.74, 6) is 0.390. The van der Waals surface area contributed by atoms with Crippen molar-refractivity contribution in [2.24, 2.45) is 7.05 Å². The van der Waals surface area contributed by atoms with Crippen LogP contribution in [0.15, 0.2) is 71.7 Å². The monoisotopic (exact) mass is 415 g/mol. The third-order valence-corrected chi connectivity index (χ3v) is 5.77. The van der Waals surface area contributed by atoms with Crippen LogP contribution in [0.2, 0.25) is 0 Å². The number of fused-ring (bicyclic) bond motifs is 1. The van der Waals surface area contributed by atoms with E-state index in [1.165, 1.54) is 12.1 Å². The molecular formula is C24H22FN5O. The van der Waals surface area contributed by atoms with E-state index in [4.69, 9.17) is 4.98 Å². The van der Waals surface area contributed by atoms with Gasteiger partial charge in [-0.2, -0.15) is 4.98 Å². The predicted octanol–water partition coefficient (Wildman–Crippen LogP) is 3.46. The molecule has 0 aliphatic carbocycles. The highest BCUT2D eigenvalue weighted by molar-refractivity contribution is 5.81. The molecular weight excluding hydrogens is 393 g/mol. The fourth-order valence-electron chi connectivity index (χ4n) is 4.03. The van der Waals surface area contributed by atoms with E-state index >= 15 is 0 Å². The van der Waals surface area contributed by atoms with Crippen LogP contribution in [0.25, 0.3) is 22.2 Å². The van der Waals surface area contributed by atoms with Crippen molar-refractivity contribution in [3.63, 3.8) is 0 Å². The number of aryl methyl sites for hydroxylation is 1. The lowest BCUT2D eigenvalue weighted by atomic mass is 10.1. The van der Waals surface area contributed by atoms with Crippen molar-refractivity contribution < 1.29 is 4.39 Å². The second kappa shape index (κ2) is 7.83. The molecule has 31 heavy (non-hydrogen) atoms. The molecule has 5 rings (SSSR count). The topological polar surface area (TPSA) is 54.3 Å². The minimum Gasteiger partial charge on any atom is -0.368 e. The quantitative estimate of drug-likeness (QED) is 0.513. The Hall–Kier alpha value is -3.74. The van der Waals surface area contributed by atoms with Gasteiger partial charge < -0.3 is 9.80 Å². The molecule has 1 fully saturated rings. The highest BCUT2D eigenvalue weighted by Crippen LogP contribution is 2.22. The summed E-state index contributed by atoms with van der Waals surface area (Å²) in [6.45, 7) is 3.08. The van der Waals surface area contributed by atoms with Gasteiger partial charge in [0.2, 0.25) is 5.95 Å². The van der Waals surface area contributed by atoms with E-state index in [1.54, 1.807) is 29.9 Å². The Morgan fingerprint density at radius 3 is 2.29 bits per heavy atom. The first-order chi connectivity index (χ1) is 15.1. The molecule has 0 spiro atoms. The molecule has 0 bridgehead atoms. The predicted molar refractivity (Wildman–Crippen MR) is 121 cm³/mol. The molecule has 0 atom stereocenters. The van der Waals surface area contributed by atoms with Gasteiger partial charge in [-0.15, -0.1) is 0 Å². The minimum atomic E-state index is -0.229. The molecule has 1 saturated heterocycles. The lowest BCUT2D eigenvalue weighted by Crippen LogP contribution is -2.47. The molecule has 156 valence electrons. The van der Waals surface area contributed by atoms with Crippen LogP contribution in [0.4, 0.5) is 16.0 Å². The number of pyridine rings is 1. The van der Waals surface area contributed by atoms with Crippen LogP contribution in [-0.4, -0.2) is 40.7 Å². The first-order valence-corrected chi connectivity index (χ1v) is 10.3. The van der Waals surface area contributed by atoms with E-state index in [-0.39, 0.29) is 11.4 Å². The average molecular weight is 415 g/mol. The number of rotatable bonds is 3. The average Bonchev–Trinajstić information content (AvgIpc) is 2.82. The number of halogens is 1. The molecule has 2 aromatic heterocycles. The number of aromatic nitrogens is 3. The van der Waals surface area contributed by atoms with Gasteiger partial charge in [0.05, 0.1) is 0 Å². The summed E-state index contributed by atoms with van der Waals surface area (Å²) in [6, 6.07) is 18.1. The molecule has 2 aromatic carbocycles. The summed E-state index contributed by atoms with van der Waals surface area (Å²) < 4.78 is 14.8. The molecule has 6 nitrogen and oxygen atoms in total. The molecule has 0 unspecified atom stereocenters. The maximum Gasteiger partial charge on any atom is 0.259 e. The maximum atomic E-state index is 13.2. The van der Waals surface area contributed by atoms with Crippen molar-refractivity contribution in [1.82, 2.24) is 14.5 Å². The zero-order valence-electron chi connectivity index (χ0n) is 17.2. The third kappa shape index (κ3) is 3.63. The normalized spacial score (nSPS) is 14.3. The van der Waals surface area contributed by atoms with Crippen molar-refractivity contribution in [3.8, 4) is 11.1 Å². The summed E-state index contributed by atoms with van der Waals surface area (Å²) >= 11 is 0. The Morgan fingerprint density at radius 1 is 0.903 bits per heavy atom. The number of benzene rings is 2. The van der Waals surface area contributed by atoms with Crippen molar-refractivity contribution in [2.45, 2.75) is 0 Å². The van der Waals surface area contributed by atoms with Crippen LogP contribution in [0.3, 0.4) is 0 Å². The standard InChI is InChI=1S/C24H22FN5O/c1-28-22-18(15-21(23(28)31)17-5-3-2-4-6-17)16-26-24(27-22)30-13-11-29(12-14-30)20-9-7-19(25)8-10-20/h2-10,15-16H,11-14H2,1H3. The van der Waals surface area contributed by atoms with Crippen LogP contribution in [0.5, 0.6) is 0 Å². The van der Waals surface area contributed by atoms with Gasteiger partial charge in [-0.05, 0) is 35.9 Å². The summed E-state index contributed by atoms with van der Waals surface area (Å²) in [4.78, 5) is 26.6. The SMILES string of the molecule is Cn1c(=O)c(-c2ccccc2)cc2cnc(N3CCN(c4ccc(F)cc4)CC3)nc21. The van der Waals surface area contributed by atoms with Crippen LogP contribution in [0.1, 0.15) is 0 Å². The molecule has 1 aliphatic heterocycles. The number of hydrogen-bond acceptors (Lipinski definition) is 5. The van der Waals surface area contributed by atoms with Gasteiger partial charge in [-0.25, -0.2) is 9.37 Å². The van der Waals surface area contributed by atoms with Crippen molar-refractivity contribution >= 4 is 22.7 Å². The Kier molecular flexibility index (Phi) is 4.86. The van der Waals surface area contributed by atoms with Gasteiger partial charge in [0.15, 0.2) is 0 Å². The van der Waals surface area contributed by atoms with Gasteiger partial charge in [0, 0.05) is 56.1 Å². The van der Waals surface area contributed by atoms with E-state index in [9.17, 15) is 9.18 Å². The summed E-state index contributed by atoms with van der Waals surface area (Å²) in [7, 11) is 1.75. The lowest BCUT2D eigenvalue weighted by Gasteiger charge is -2.36. The fourth-order valence-corrected chi connectivity index (χ4v) is 4.03. The van der Waals surface area contributed by atoms with Crippen LogP contribution >= 0.6 is 0 Å². The molecule has 0 saturated carbocycles. The van der Waals surface area contributed by atoms with Crippen molar-refractivity contribution in [1.29, 1.82) is 0 Å². The van der Waals surface area contributed by atoms with Crippen LogP contribution in [0, 0.1) is 5.82 Å². The summed E-state index contributed by atoms with van der Waals surface area (Å²) in [5, 5.41) is 0.828. The van der Waals surface area contributed by atoms with Gasteiger partial charge in [0.25, 0.3) is 5.56 Å². The van der Waals surface area contributed by atoms with Crippen LogP contribution < -0.4 is 15.4 Å². The first kappa shape index (κ1) is 19.2. The van der Waals surface area contributed by atoms with E-state index in [0.29, 0.717) is 17.2 Å². The molecule has 7 heteroatoms. The number of nitrogens with zero attached hydrogens (tertiary/aromatic N) is 5. The zero-order valence-corrected chi connectivity index (χ0v) is 17.2. The highest BCUT2D eigenvalue weighted by atomic mass is 19.1. The Labute approximate surface area is 179 Å². The third-order valence-electron chi connectivity index (χ3n) is 5.77. The zero-order chi connectivity index (χ0) is 21.4. The molecule has 1 aliphatic rings. The van der Waals surface area contributed by atoms with Crippen LogP contribution in [-0.2, 0) is 7.05 Å². The van der Waals surface area contributed by atoms with Gasteiger partial charge in [-0.1, -0.05) is 30.3 Å². The largest absolute Gasteiger partial charge is 0.368 e. The Bertz CT molecular complexity index is 1280. The van der Waals surface area contributed by atoms with E-state index in [2.05, 4.69) is 14.8 Å². The molecule has 0 N–H and O–H groups in total. The fraction of sp³-hybridized carbons (Fsp3) is 0.208. The van der Waals surface area contributed by atoms with E-state index < -0.39 is 0 Å². The second-order valence-corrected chi connectivity index (χ2v) is 7.69. The molecule has 0 amide bonds. The summed E-state index contributed by atoms with van der Waals surface area (Å²) in [6.07, 6.45) is 1.79. The van der Waals surface area contributed by atoms with E-state index in [0.717, 1.165) is 42.8 Å². The Morgan fingerprint density at radius 2 is 1.58 bits per heavy atom. The number of anilines is 2. The van der Waals surface area contributed by atoms with Crippen molar-refractivity contribution in [2.75, 3.05) is 36.0 Å². The van der Waals surface area contributed by atoms with Gasteiger partial charge >= 0.3 is 0 Å². The number of hydrogen-bond donors (Lipinski definition) is 0.